The molecule has 2 aliphatic rings. The van der Waals surface area contributed by atoms with Crippen molar-refractivity contribution < 1.29 is 4.79 Å². The monoisotopic (exact) mass is 301 g/mol. The van der Waals surface area contributed by atoms with Crippen molar-refractivity contribution in [1.82, 2.24) is 15.3 Å². The number of hydrogen-bond donors (Lipinski definition) is 1. The Balaban J connectivity index is 1.52. The van der Waals surface area contributed by atoms with Crippen molar-refractivity contribution >= 4 is 5.91 Å². The molecule has 1 aromatic carbocycles. The summed E-state index contributed by atoms with van der Waals surface area (Å²) >= 11 is 0. The molecule has 0 saturated carbocycles. The summed E-state index contributed by atoms with van der Waals surface area (Å²) in [4.78, 5) is 12.6. The molecule has 1 aromatic rings. The third-order valence-electron chi connectivity index (χ3n) is 4.78. The molecule has 2 saturated heterocycles. The van der Waals surface area contributed by atoms with E-state index in [1.165, 1.54) is 24.8 Å². The molecule has 1 amide bonds. The van der Waals surface area contributed by atoms with Gasteiger partial charge < -0.3 is 5.32 Å². The van der Waals surface area contributed by atoms with Gasteiger partial charge in [-0.1, -0.05) is 36.8 Å². The van der Waals surface area contributed by atoms with Crippen molar-refractivity contribution in [2.45, 2.75) is 44.6 Å². The van der Waals surface area contributed by atoms with Gasteiger partial charge in [-0.2, -0.15) is 0 Å². The summed E-state index contributed by atoms with van der Waals surface area (Å²) in [6, 6.07) is 10.4. The lowest BCUT2D eigenvalue weighted by atomic mass is 10.1. The number of hydrogen-bond acceptors (Lipinski definition) is 3. The van der Waals surface area contributed by atoms with Crippen molar-refractivity contribution in [3.05, 3.63) is 35.9 Å². The van der Waals surface area contributed by atoms with E-state index in [0.29, 0.717) is 0 Å². The van der Waals surface area contributed by atoms with Crippen LogP contribution in [0.15, 0.2) is 30.3 Å². The molecule has 22 heavy (non-hydrogen) atoms. The Bertz CT molecular complexity index is 476. The second-order valence-electron chi connectivity index (χ2n) is 6.36. The number of hydrazine groups is 1. The largest absolute Gasteiger partial charge is 0.354 e. The lowest BCUT2D eigenvalue weighted by Crippen LogP contribution is -2.58. The van der Waals surface area contributed by atoms with Gasteiger partial charge in [-0.3, -0.25) is 4.79 Å². The van der Waals surface area contributed by atoms with Crippen LogP contribution < -0.4 is 5.32 Å². The van der Waals surface area contributed by atoms with Crippen LogP contribution in [0.3, 0.4) is 0 Å². The van der Waals surface area contributed by atoms with Crippen molar-refractivity contribution in [1.29, 1.82) is 0 Å². The van der Waals surface area contributed by atoms with Crippen LogP contribution in [0.1, 0.15) is 37.7 Å². The molecule has 0 spiro atoms. The van der Waals surface area contributed by atoms with E-state index in [1.54, 1.807) is 0 Å². The van der Waals surface area contributed by atoms with Crippen molar-refractivity contribution in [3.8, 4) is 0 Å². The molecule has 4 heteroatoms. The van der Waals surface area contributed by atoms with Crippen LogP contribution in [0.2, 0.25) is 0 Å². The minimum absolute atomic E-state index is 0.0441. The number of fused-ring (bicyclic) bond motifs is 1. The zero-order valence-corrected chi connectivity index (χ0v) is 13.3. The number of amides is 1. The molecular weight excluding hydrogens is 274 g/mol. The Kier molecular flexibility index (Phi) is 5.46. The van der Waals surface area contributed by atoms with Crippen LogP contribution in [0.25, 0.3) is 0 Å². The molecule has 3 rings (SSSR count). The van der Waals surface area contributed by atoms with E-state index in [1.807, 2.05) is 18.2 Å². The Morgan fingerprint density at radius 1 is 1.05 bits per heavy atom. The summed E-state index contributed by atoms with van der Waals surface area (Å²) in [7, 11) is 0. The average Bonchev–Trinajstić information content (AvgIpc) is 2.81. The molecule has 1 N–H and O–H groups in total. The first-order valence-corrected chi connectivity index (χ1v) is 8.68. The van der Waals surface area contributed by atoms with E-state index in [9.17, 15) is 4.79 Å². The first kappa shape index (κ1) is 15.5. The zero-order valence-electron chi connectivity index (χ0n) is 13.3. The first-order valence-electron chi connectivity index (χ1n) is 8.68. The Morgan fingerprint density at radius 2 is 1.82 bits per heavy atom. The fraction of sp³-hybridized carbons (Fsp3) is 0.611. The minimum atomic E-state index is 0.0441. The molecule has 0 bridgehead atoms. The van der Waals surface area contributed by atoms with Gasteiger partial charge >= 0.3 is 0 Å². The summed E-state index contributed by atoms with van der Waals surface area (Å²) < 4.78 is 0. The summed E-state index contributed by atoms with van der Waals surface area (Å²) in [6.07, 6.45) is 6.79. The quantitative estimate of drug-likeness (QED) is 0.926. The highest BCUT2D eigenvalue weighted by atomic mass is 16.2. The molecule has 2 aliphatic heterocycles. The molecule has 0 aromatic heterocycles. The van der Waals surface area contributed by atoms with E-state index >= 15 is 0 Å². The molecule has 2 heterocycles. The Hall–Kier alpha value is -1.39. The van der Waals surface area contributed by atoms with Gasteiger partial charge in [0.2, 0.25) is 5.91 Å². The van der Waals surface area contributed by atoms with Gasteiger partial charge in [0.05, 0.1) is 0 Å². The van der Waals surface area contributed by atoms with Crippen LogP contribution in [0.5, 0.6) is 0 Å². The summed E-state index contributed by atoms with van der Waals surface area (Å²) in [5.41, 5.74) is 1.28. The molecule has 2 fully saturated rings. The maximum absolute atomic E-state index is 12.6. The molecule has 1 atom stereocenters. The number of rotatable bonds is 4. The van der Waals surface area contributed by atoms with Crippen LogP contribution in [-0.4, -0.2) is 48.1 Å². The third kappa shape index (κ3) is 3.87. The fourth-order valence-corrected chi connectivity index (χ4v) is 3.58. The second kappa shape index (κ2) is 7.75. The molecule has 120 valence electrons. The highest BCUT2D eigenvalue weighted by molar-refractivity contribution is 5.81. The summed E-state index contributed by atoms with van der Waals surface area (Å²) in [5.74, 6) is 0.211. The smallest absolute Gasteiger partial charge is 0.238 e. The van der Waals surface area contributed by atoms with Gasteiger partial charge in [0, 0.05) is 26.2 Å². The van der Waals surface area contributed by atoms with Crippen LogP contribution in [-0.2, 0) is 11.2 Å². The zero-order chi connectivity index (χ0) is 15.2. The predicted octanol–water partition coefficient (Wildman–Crippen LogP) is 2.21. The number of carbonyl (C=O) groups is 1. The summed E-state index contributed by atoms with van der Waals surface area (Å²) in [6.45, 7) is 4.01. The first-order chi connectivity index (χ1) is 10.8. The van der Waals surface area contributed by atoms with Gasteiger partial charge in [-0.05, 0) is 37.7 Å². The third-order valence-corrected chi connectivity index (χ3v) is 4.78. The van der Waals surface area contributed by atoms with E-state index in [-0.39, 0.29) is 11.9 Å². The van der Waals surface area contributed by atoms with E-state index in [2.05, 4.69) is 27.5 Å². The van der Waals surface area contributed by atoms with E-state index < -0.39 is 0 Å². The minimum Gasteiger partial charge on any atom is -0.354 e. The van der Waals surface area contributed by atoms with Crippen LogP contribution in [0.4, 0.5) is 0 Å². The standard InChI is InChI=1S/C18H27N3O/c22-18(19-12-11-16-8-3-1-4-9-16)17-10-7-14-20-13-5-2-6-15-21(17)20/h1,3-4,8-9,17H,2,5-7,10-15H2,(H,19,22). The summed E-state index contributed by atoms with van der Waals surface area (Å²) in [5, 5.41) is 7.90. The predicted molar refractivity (Wildman–Crippen MR) is 88.3 cm³/mol. The molecular formula is C18H27N3O. The fourth-order valence-electron chi connectivity index (χ4n) is 3.58. The molecule has 4 nitrogen and oxygen atoms in total. The lowest BCUT2D eigenvalue weighted by Gasteiger charge is -2.42. The highest BCUT2D eigenvalue weighted by Crippen LogP contribution is 2.22. The van der Waals surface area contributed by atoms with Crippen molar-refractivity contribution in [2.75, 3.05) is 26.2 Å². The van der Waals surface area contributed by atoms with Gasteiger partial charge in [-0.15, -0.1) is 0 Å². The molecule has 0 aliphatic carbocycles. The van der Waals surface area contributed by atoms with Gasteiger partial charge in [0.1, 0.15) is 6.04 Å². The Labute approximate surface area is 133 Å². The number of carbonyl (C=O) groups excluding carboxylic acids is 1. The normalized spacial score (nSPS) is 23.5. The second-order valence-corrected chi connectivity index (χ2v) is 6.36. The topological polar surface area (TPSA) is 35.6 Å². The van der Waals surface area contributed by atoms with Crippen molar-refractivity contribution in [3.63, 3.8) is 0 Å². The molecule has 1 unspecified atom stereocenters. The lowest BCUT2D eigenvalue weighted by molar-refractivity contribution is -0.142. The maximum Gasteiger partial charge on any atom is 0.238 e. The Morgan fingerprint density at radius 3 is 2.68 bits per heavy atom. The van der Waals surface area contributed by atoms with Gasteiger partial charge in [0.25, 0.3) is 0 Å². The van der Waals surface area contributed by atoms with Crippen LogP contribution in [0, 0.1) is 0 Å². The average molecular weight is 301 g/mol. The van der Waals surface area contributed by atoms with E-state index in [0.717, 1.165) is 45.4 Å². The van der Waals surface area contributed by atoms with Crippen LogP contribution >= 0.6 is 0 Å². The molecule has 0 radical (unpaired) electrons. The van der Waals surface area contributed by atoms with E-state index in [4.69, 9.17) is 0 Å². The maximum atomic E-state index is 12.6. The van der Waals surface area contributed by atoms with Crippen molar-refractivity contribution in [2.24, 2.45) is 0 Å². The SMILES string of the molecule is O=C(NCCc1ccccc1)C1CCCN2CCCCCN12. The highest BCUT2D eigenvalue weighted by Gasteiger charge is 2.33. The van der Waals surface area contributed by atoms with Gasteiger partial charge in [0.15, 0.2) is 0 Å². The number of nitrogens with zero attached hydrogens (tertiary/aromatic N) is 2. The number of benzene rings is 1. The van der Waals surface area contributed by atoms with Gasteiger partial charge in [-0.25, -0.2) is 10.0 Å². The number of nitrogens with one attached hydrogen (secondary N) is 1.